The number of hydrogen-bond acceptors (Lipinski definition) is 2. The van der Waals surface area contributed by atoms with Crippen LogP contribution in [0.1, 0.15) is 33.1 Å². The molecule has 1 amide bonds. The maximum Gasteiger partial charge on any atom is 0.411 e. The number of benzene rings is 1. The predicted molar refractivity (Wildman–Crippen MR) is 85.0 cm³/mol. The molecule has 2 fully saturated rings. The molecule has 3 rings (SSSR count). The molecule has 0 heterocycles. The molecule has 2 aliphatic rings. The van der Waals surface area contributed by atoms with Gasteiger partial charge in [0.05, 0.1) is 10.0 Å². The molecule has 0 spiro atoms. The van der Waals surface area contributed by atoms with E-state index in [1.807, 2.05) is 0 Å². The number of hydrogen-bond donors (Lipinski definition) is 1. The highest BCUT2D eigenvalue weighted by Gasteiger charge is 2.54. The number of ether oxygens (including phenoxy) is 1. The number of halogens is 2. The molecule has 3 unspecified atom stereocenters. The molecule has 0 radical (unpaired) electrons. The van der Waals surface area contributed by atoms with Crippen LogP contribution in [-0.4, -0.2) is 12.2 Å². The fourth-order valence-corrected chi connectivity index (χ4v) is 4.25. The molecule has 3 nitrogen and oxygen atoms in total. The van der Waals surface area contributed by atoms with Crippen LogP contribution in [0, 0.1) is 17.3 Å². The van der Waals surface area contributed by atoms with E-state index in [4.69, 9.17) is 27.9 Å². The molecule has 5 heteroatoms. The summed E-state index contributed by atoms with van der Waals surface area (Å²) >= 11 is 11.8. The maximum atomic E-state index is 12.0. The first-order valence-corrected chi connectivity index (χ1v) is 8.06. The van der Waals surface area contributed by atoms with Crippen LogP contribution < -0.4 is 5.32 Å². The standard InChI is InChI=1S/C16H19Cl2NO2/c1-16(2)9-3-5-11(16)14(7-9)21-15(20)19-10-4-6-12(17)13(18)8-10/h4,6,8-9,11,14H,3,5,7H2,1-2H3,(H,19,20). The lowest BCUT2D eigenvalue weighted by Gasteiger charge is -2.26. The van der Waals surface area contributed by atoms with Crippen molar-refractivity contribution < 1.29 is 9.53 Å². The highest BCUT2D eigenvalue weighted by molar-refractivity contribution is 6.42. The van der Waals surface area contributed by atoms with Crippen molar-refractivity contribution >= 4 is 35.0 Å². The third-order valence-electron chi connectivity index (χ3n) is 5.22. The van der Waals surface area contributed by atoms with Crippen molar-refractivity contribution in [1.29, 1.82) is 0 Å². The van der Waals surface area contributed by atoms with Gasteiger partial charge in [0.1, 0.15) is 6.10 Å². The van der Waals surface area contributed by atoms with E-state index in [1.54, 1.807) is 18.2 Å². The van der Waals surface area contributed by atoms with Gasteiger partial charge >= 0.3 is 6.09 Å². The molecule has 1 aromatic rings. The average Bonchev–Trinajstić information content (AvgIpc) is 2.82. The van der Waals surface area contributed by atoms with Gasteiger partial charge in [0.25, 0.3) is 0 Å². The minimum Gasteiger partial charge on any atom is -0.446 e. The summed E-state index contributed by atoms with van der Waals surface area (Å²) in [6.07, 6.45) is 3.00. The molecule has 2 bridgehead atoms. The molecule has 2 saturated carbocycles. The van der Waals surface area contributed by atoms with E-state index in [2.05, 4.69) is 19.2 Å². The molecule has 0 aromatic heterocycles. The maximum absolute atomic E-state index is 12.0. The van der Waals surface area contributed by atoms with Gasteiger partial charge in [0.2, 0.25) is 0 Å². The summed E-state index contributed by atoms with van der Waals surface area (Å²) < 4.78 is 5.63. The lowest BCUT2D eigenvalue weighted by molar-refractivity contribution is 0.0642. The van der Waals surface area contributed by atoms with Gasteiger partial charge in [-0.3, -0.25) is 5.32 Å². The topological polar surface area (TPSA) is 38.3 Å². The summed E-state index contributed by atoms with van der Waals surface area (Å²) in [4.78, 5) is 12.0. The third kappa shape index (κ3) is 2.74. The van der Waals surface area contributed by atoms with E-state index in [-0.39, 0.29) is 11.5 Å². The average molecular weight is 328 g/mol. The number of amides is 1. The van der Waals surface area contributed by atoms with Gasteiger partial charge < -0.3 is 4.74 Å². The van der Waals surface area contributed by atoms with E-state index in [1.165, 1.54) is 6.42 Å². The SMILES string of the molecule is CC1(C)C2CCC1C(OC(=O)Nc1ccc(Cl)c(Cl)c1)C2. The van der Waals surface area contributed by atoms with E-state index < -0.39 is 6.09 Å². The van der Waals surface area contributed by atoms with E-state index in [0.29, 0.717) is 27.6 Å². The van der Waals surface area contributed by atoms with Crippen LogP contribution in [0.5, 0.6) is 0 Å². The molecule has 1 aromatic carbocycles. The van der Waals surface area contributed by atoms with Crippen molar-refractivity contribution in [3.05, 3.63) is 28.2 Å². The third-order valence-corrected chi connectivity index (χ3v) is 5.96. The summed E-state index contributed by atoms with van der Waals surface area (Å²) in [6.45, 7) is 4.57. The van der Waals surface area contributed by atoms with Gasteiger partial charge in [0.15, 0.2) is 0 Å². The minimum absolute atomic E-state index is 0.0292. The van der Waals surface area contributed by atoms with Crippen LogP contribution in [0.15, 0.2) is 18.2 Å². The second-order valence-corrected chi connectivity index (χ2v) is 7.45. The molecular formula is C16H19Cl2NO2. The summed E-state index contributed by atoms with van der Waals surface area (Å²) in [5, 5.41) is 3.60. The predicted octanol–water partition coefficient (Wildman–Crippen LogP) is 5.37. The van der Waals surface area contributed by atoms with Gasteiger partial charge in [-0.2, -0.15) is 0 Å². The minimum atomic E-state index is -0.415. The van der Waals surface area contributed by atoms with Crippen LogP contribution in [0.25, 0.3) is 0 Å². The number of carbonyl (C=O) groups is 1. The first-order valence-electron chi connectivity index (χ1n) is 7.30. The smallest absolute Gasteiger partial charge is 0.411 e. The quantitative estimate of drug-likeness (QED) is 0.793. The van der Waals surface area contributed by atoms with Crippen LogP contribution in [0.4, 0.5) is 10.5 Å². The van der Waals surface area contributed by atoms with Gasteiger partial charge in [-0.15, -0.1) is 0 Å². The number of carbonyl (C=O) groups excluding carboxylic acids is 1. The second kappa shape index (κ2) is 5.36. The van der Waals surface area contributed by atoms with E-state index in [0.717, 1.165) is 12.8 Å². The van der Waals surface area contributed by atoms with Crippen LogP contribution in [0.2, 0.25) is 10.0 Å². The largest absolute Gasteiger partial charge is 0.446 e. The fraction of sp³-hybridized carbons (Fsp3) is 0.562. The zero-order valence-corrected chi connectivity index (χ0v) is 13.7. The summed E-state index contributed by atoms with van der Waals surface area (Å²) in [6, 6.07) is 4.98. The molecule has 21 heavy (non-hydrogen) atoms. The molecule has 114 valence electrons. The first-order chi connectivity index (χ1) is 9.88. The molecule has 0 aliphatic heterocycles. The Labute approximate surface area is 135 Å². The normalized spacial score (nSPS) is 29.4. The van der Waals surface area contributed by atoms with Gasteiger partial charge in [-0.05, 0) is 48.8 Å². The second-order valence-electron chi connectivity index (χ2n) is 6.64. The molecule has 2 aliphatic carbocycles. The van der Waals surface area contributed by atoms with E-state index >= 15 is 0 Å². The van der Waals surface area contributed by atoms with Gasteiger partial charge in [0, 0.05) is 11.6 Å². The van der Waals surface area contributed by atoms with E-state index in [9.17, 15) is 4.79 Å². The van der Waals surface area contributed by atoms with Gasteiger partial charge in [-0.1, -0.05) is 37.0 Å². The Balaban J connectivity index is 1.61. The fourth-order valence-electron chi connectivity index (χ4n) is 3.95. The summed E-state index contributed by atoms with van der Waals surface area (Å²) in [7, 11) is 0. The first kappa shape index (κ1) is 15.0. The highest BCUT2D eigenvalue weighted by atomic mass is 35.5. The number of fused-ring (bicyclic) bond motifs is 2. The highest BCUT2D eigenvalue weighted by Crippen LogP contribution is 2.58. The number of rotatable bonds is 2. The number of nitrogens with one attached hydrogen (secondary N) is 1. The Morgan fingerprint density at radius 3 is 2.62 bits per heavy atom. The zero-order valence-electron chi connectivity index (χ0n) is 12.2. The summed E-state index contributed by atoms with van der Waals surface area (Å²) in [5.74, 6) is 1.15. The Morgan fingerprint density at radius 2 is 2.05 bits per heavy atom. The Bertz CT molecular complexity index is 573. The lowest BCUT2D eigenvalue weighted by atomic mass is 9.82. The monoisotopic (exact) mass is 327 g/mol. The Kier molecular flexibility index (Phi) is 3.83. The van der Waals surface area contributed by atoms with Crippen molar-refractivity contribution in [1.82, 2.24) is 0 Å². The number of anilines is 1. The Hall–Kier alpha value is -0.930. The van der Waals surface area contributed by atoms with Gasteiger partial charge in [-0.25, -0.2) is 4.79 Å². The van der Waals surface area contributed by atoms with Crippen molar-refractivity contribution in [2.45, 2.75) is 39.2 Å². The van der Waals surface area contributed by atoms with Crippen molar-refractivity contribution in [2.75, 3.05) is 5.32 Å². The molecule has 1 N–H and O–H groups in total. The van der Waals surface area contributed by atoms with Crippen molar-refractivity contribution in [2.24, 2.45) is 17.3 Å². The summed E-state index contributed by atoms with van der Waals surface area (Å²) in [5.41, 5.74) is 0.881. The van der Waals surface area contributed by atoms with Crippen LogP contribution in [-0.2, 0) is 4.74 Å². The Morgan fingerprint density at radius 1 is 1.29 bits per heavy atom. The molecule has 0 saturated heterocycles. The van der Waals surface area contributed by atoms with Crippen molar-refractivity contribution in [3.63, 3.8) is 0 Å². The molecule has 3 atom stereocenters. The zero-order chi connectivity index (χ0) is 15.2. The van der Waals surface area contributed by atoms with Crippen LogP contribution in [0.3, 0.4) is 0 Å². The molecular weight excluding hydrogens is 309 g/mol. The van der Waals surface area contributed by atoms with Crippen molar-refractivity contribution in [3.8, 4) is 0 Å². The van der Waals surface area contributed by atoms with Crippen LogP contribution >= 0.6 is 23.2 Å². The lowest BCUT2D eigenvalue weighted by Crippen LogP contribution is -2.29.